The third-order valence-corrected chi connectivity index (χ3v) is 11.6. The van der Waals surface area contributed by atoms with Gasteiger partial charge in [0.15, 0.2) is 0 Å². The molecule has 3 aromatic rings. The van der Waals surface area contributed by atoms with Crippen LogP contribution < -0.4 is 0 Å². The predicted octanol–water partition coefficient (Wildman–Crippen LogP) is 10.2. The van der Waals surface area contributed by atoms with Crippen molar-refractivity contribution in [3.05, 3.63) is 81.4 Å². The predicted molar refractivity (Wildman–Crippen MR) is 137 cm³/mol. The molecular formula is C19H10Br6O3S. The second kappa shape index (κ2) is 9.75. The number of hydrogen-bond donors (Lipinski definition) is 1. The molecule has 0 unspecified atom stereocenters. The quantitative estimate of drug-likeness (QED) is 0.286. The molecule has 1 N–H and O–H groups in total. The van der Waals surface area contributed by atoms with Crippen LogP contribution in [-0.2, 0) is 4.18 Å². The van der Waals surface area contributed by atoms with Crippen LogP contribution in [0.5, 0.6) is 0 Å². The summed E-state index contributed by atoms with van der Waals surface area (Å²) in [7, 11) is -2.72. The van der Waals surface area contributed by atoms with Gasteiger partial charge in [-0.25, -0.2) is 4.79 Å². The summed E-state index contributed by atoms with van der Waals surface area (Å²) in [6.45, 7) is 0. The van der Waals surface area contributed by atoms with Gasteiger partial charge >= 0.3 is 6.16 Å². The van der Waals surface area contributed by atoms with Gasteiger partial charge in [-0.3, -0.25) is 0 Å². The van der Waals surface area contributed by atoms with Crippen molar-refractivity contribution >= 4 is 112 Å². The van der Waals surface area contributed by atoms with Crippen molar-refractivity contribution in [2.45, 2.75) is 14.7 Å². The van der Waals surface area contributed by atoms with Crippen molar-refractivity contribution in [1.82, 2.24) is 0 Å². The van der Waals surface area contributed by atoms with Crippen molar-refractivity contribution in [1.29, 1.82) is 0 Å². The van der Waals surface area contributed by atoms with E-state index in [1.807, 2.05) is 54.6 Å². The van der Waals surface area contributed by atoms with Gasteiger partial charge in [-0.05, 0) is 100 Å². The largest absolute Gasteiger partial charge is 0.517 e. The molecule has 29 heavy (non-hydrogen) atoms. The van der Waals surface area contributed by atoms with Gasteiger partial charge in [0.1, 0.15) is 0 Å². The van der Waals surface area contributed by atoms with E-state index in [4.69, 9.17) is 4.18 Å². The number of hydrogen-bond acceptors (Lipinski definition) is 2. The summed E-state index contributed by atoms with van der Waals surface area (Å²) < 4.78 is 10.4. The third kappa shape index (κ3) is 4.83. The molecule has 3 aromatic carbocycles. The molecular weight excluding hydrogens is 788 g/mol. The normalized spacial score (nSPS) is 11.9. The maximum absolute atomic E-state index is 12.0. The third-order valence-electron chi connectivity index (χ3n) is 3.77. The average molecular weight is 798 g/mol. The second-order valence-electron chi connectivity index (χ2n) is 5.62. The Morgan fingerprint density at radius 2 is 1.10 bits per heavy atom. The van der Waals surface area contributed by atoms with Gasteiger partial charge in [0, 0.05) is 42.0 Å². The zero-order chi connectivity index (χ0) is 21.3. The minimum atomic E-state index is -2.72. The number of carboxylic acid groups (broad SMARTS) is 1. The molecule has 0 saturated carbocycles. The lowest BCUT2D eigenvalue weighted by molar-refractivity contribution is 0.150. The van der Waals surface area contributed by atoms with E-state index in [9.17, 15) is 9.90 Å². The monoisotopic (exact) mass is 792 g/mol. The highest BCUT2D eigenvalue weighted by atomic mass is 79.9. The Balaban J connectivity index is 2.56. The lowest BCUT2D eigenvalue weighted by Gasteiger charge is -2.41. The highest BCUT2D eigenvalue weighted by Crippen LogP contribution is 2.74. The van der Waals surface area contributed by atoms with Crippen molar-refractivity contribution in [2.75, 3.05) is 0 Å². The Bertz CT molecular complexity index is 987. The molecule has 0 spiro atoms. The molecule has 0 heterocycles. The summed E-state index contributed by atoms with van der Waals surface area (Å²) in [6.07, 6.45) is -1.37. The van der Waals surface area contributed by atoms with Gasteiger partial charge in [-0.1, -0.05) is 50.1 Å². The summed E-state index contributed by atoms with van der Waals surface area (Å²) in [5.41, 5.74) is 0. The lowest BCUT2D eigenvalue weighted by atomic mass is 10.3. The van der Waals surface area contributed by atoms with Crippen LogP contribution in [0.25, 0.3) is 0 Å². The zero-order valence-electron chi connectivity index (χ0n) is 14.1. The first-order valence-corrected chi connectivity index (χ1v) is 14.1. The van der Waals surface area contributed by atoms with Crippen molar-refractivity contribution in [2.24, 2.45) is 0 Å². The van der Waals surface area contributed by atoms with Gasteiger partial charge < -0.3 is 9.29 Å². The molecule has 0 saturated heterocycles. The van der Waals surface area contributed by atoms with E-state index in [0.717, 1.165) is 13.8 Å². The van der Waals surface area contributed by atoms with Gasteiger partial charge in [0.05, 0.1) is 9.79 Å². The van der Waals surface area contributed by atoms with Gasteiger partial charge in [-0.15, -0.1) is 0 Å². The molecule has 0 aliphatic carbocycles. The second-order valence-corrected chi connectivity index (χ2v) is 13.4. The average Bonchev–Trinajstić information content (AvgIpc) is 2.59. The van der Waals surface area contributed by atoms with Crippen molar-refractivity contribution in [3.8, 4) is 0 Å². The summed E-state index contributed by atoms with van der Waals surface area (Å²) in [4.78, 5) is 14.1. The first-order valence-electron chi connectivity index (χ1n) is 7.76. The Morgan fingerprint density at radius 1 is 0.724 bits per heavy atom. The molecule has 0 fully saturated rings. The van der Waals surface area contributed by atoms with Gasteiger partial charge in [0.25, 0.3) is 0 Å². The summed E-state index contributed by atoms with van der Waals surface area (Å²) in [5.74, 6) is 0. The van der Waals surface area contributed by atoms with Crippen LogP contribution in [0.4, 0.5) is 4.79 Å². The van der Waals surface area contributed by atoms with E-state index in [1.54, 1.807) is 0 Å². The number of halogens is 6. The molecule has 3 nitrogen and oxygen atoms in total. The number of benzene rings is 3. The molecule has 0 aliphatic heterocycles. The highest BCUT2D eigenvalue weighted by Gasteiger charge is 2.42. The Kier molecular flexibility index (Phi) is 8.01. The van der Waals surface area contributed by atoms with E-state index < -0.39 is 16.5 Å². The van der Waals surface area contributed by atoms with Gasteiger partial charge in [0.2, 0.25) is 0 Å². The lowest BCUT2D eigenvalue weighted by Crippen LogP contribution is -2.14. The Hall–Kier alpha value is 0.160. The highest BCUT2D eigenvalue weighted by molar-refractivity contribution is 9.12. The molecule has 0 amide bonds. The standard InChI is InChI=1S/C19H10Br6O3S/c20-10-6-13(22)17(14(23)7-10)29(28-19(26)27,12-4-2-1-3-5-12)18-15(24)8-11(21)9-16(18)25/h1-9H,(H,26,27). The van der Waals surface area contributed by atoms with Crippen LogP contribution in [0.3, 0.4) is 0 Å². The maximum atomic E-state index is 12.0. The zero-order valence-corrected chi connectivity index (χ0v) is 24.5. The molecule has 3 rings (SSSR count). The van der Waals surface area contributed by atoms with Crippen molar-refractivity contribution in [3.63, 3.8) is 0 Å². The first-order chi connectivity index (χ1) is 13.7. The molecule has 0 aliphatic rings. The SMILES string of the molecule is O=C(O)OS(c1ccccc1)(c1c(Br)cc(Br)cc1Br)c1c(Br)cc(Br)cc1Br. The van der Waals surface area contributed by atoms with E-state index in [2.05, 4.69) is 95.6 Å². The van der Waals surface area contributed by atoms with Crippen LogP contribution in [0.15, 0.2) is 96.1 Å². The van der Waals surface area contributed by atoms with Crippen LogP contribution >= 0.6 is 106 Å². The fraction of sp³-hybridized carbons (Fsp3) is 0. The molecule has 152 valence electrons. The topological polar surface area (TPSA) is 46.5 Å². The summed E-state index contributed by atoms with van der Waals surface area (Å²) in [6, 6.07) is 16.8. The molecule has 0 atom stereocenters. The molecule has 10 heteroatoms. The molecule has 0 aromatic heterocycles. The fourth-order valence-electron chi connectivity index (χ4n) is 2.80. The van der Waals surface area contributed by atoms with Crippen LogP contribution in [0.1, 0.15) is 0 Å². The fourth-order valence-corrected chi connectivity index (χ4v) is 13.1. The first kappa shape index (κ1) is 23.8. The van der Waals surface area contributed by atoms with E-state index in [1.165, 1.54) is 0 Å². The minimum Gasteiger partial charge on any atom is -0.449 e. The smallest absolute Gasteiger partial charge is 0.449 e. The minimum absolute atomic E-state index is 0.693. The van der Waals surface area contributed by atoms with Crippen LogP contribution in [0.2, 0.25) is 0 Å². The number of carbonyl (C=O) groups is 1. The van der Waals surface area contributed by atoms with E-state index in [-0.39, 0.29) is 0 Å². The van der Waals surface area contributed by atoms with Crippen LogP contribution in [0, 0.1) is 0 Å². The summed E-state index contributed by atoms with van der Waals surface area (Å²) >= 11 is 21.5. The molecule has 0 radical (unpaired) electrons. The Labute approximate surface area is 219 Å². The van der Waals surface area contributed by atoms with E-state index in [0.29, 0.717) is 27.7 Å². The van der Waals surface area contributed by atoms with Crippen molar-refractivity contribution < 1.29 is 14.1 Å². The Morgan fingerprint density at radius 3 is 1.45 bits per heavy atom. The summed E-state index contributed by atoms with van der Waals surface area (Å²) in [5, 5.41) is 9.82. The number of rotatable bonds is 4. The maximum Gasteiger partial charge on any atom is 0.517 e. The molecule has 0 bridgehead atoms. The van der Waals surface area contributed by atoms with E-state index >= 15 is 0 Å². The van der Waals surface area contributed by atoms with Crippen LogP contribution in [-0.4, -0.2) is 11.3 Å². The van der Waals surface area contributed by atoms with Gasteiger partial charge in [-0.2, -0.15) is 0 Å².